The van der Waals surface area contributed by atoms with Crippen LogP contribution in [0.15, 0.2) is 29.4 Å². The van der Waals surface area contributed by atoms with E-state index in [9.17, 15) is 9.59 Å². The van der Waals surface area contributed by atoms with Crippen LogP contribution in [0.1, 0.15) is 38.7 Å². The maximum Gasteiger partial charge on any atom is 0.321 e. The Kier molecular flexibility index (Phi) is 7.13. The summed E-state index contributed by atoms with van der Waals surface area (Å²) >= 11 is 1.29. The number of imide groups is 1. The summed E-state index contributed by atoms with van der Waals surface area (Å²) in [4.78, 5) is 26.3. The van der Waals surface area contributed by atoms with Gasteiger partial charge < -0.3 is 10.2 Å². The lowest BCUT2D eigenvalue weighted by molar-refractivity contribution is -0.119. The molecule has 2 heterocycles. The predicted octanol–water partition coefficient (Wildman–Crippen LogP) is 2.89. The Hall–Kier alpha value is -2.55. The minimum absolute atomic E-state index is 0.362. The molecular weight excluding hydrogens is 388 g/mol. The quantitative estimate of drug-likeness (QED) is 0.704. The zero-order valence-corrected chi connectivity index (χ0v) is 18.0. The van der Waals surface area contributed by atoms with Gasteiger partial charge in [-0.25, -0.2) is 4.79 Å². The number of amides is 3. The molecule has 1 aliphatic heterocycles. The summed E-state index contributed by atoms with van der Waals surface area (Å²) in [6, 6.07) is 7.69. The van der Waals surface area contributed by atoms with Crippen LogP contribution in [0.4, 0.5) is 10.7 Å². The number of urea groups is 1. The molecule has 1 unspecified atom stereocenters. The number of hydrogen-bond donors (Lipinski definition) is 2. The van der Waals surface area contributed by atoms with Crippen molar-refractivity contribution in [2.75, 3.05) is 24.5 Å². The number of nitrogens with one attached hydrogen (secondary N) is 2. The highest BCUT2D eigenvalue weighted by Gasteiger charge is 2.25. The minimum atomic E-state index is -0.500. The van der Waals surface area contributed by atoms with Crippen LogP contribution in [-0.2, 0) is 4.79 Å². The predicted molar refractivity (Wildman–Crippen MR) is 115 cm³/mol. The van der Waals surface area contributed by atoms with Crippen LogP contribution in [0, 0.1) is 6.92 Å². The number of hydrogen-bond acceptors (Lipinski definition) is 6. The molecule has 0 aliphatic carbocycles. The van der Waals surface area contributed by atoms with E-state index in [1.807, 2.05) is 23.6 Å². The third-order valence-corrected chi connectivity index (χ3v) is 5.82. The zero-order chi connectivity index (χ0) is 20.8. The van der Waals surface area contributed by atoms with Crippen molar-refractivity contribution in [3.8, 4) is 5.69 Å². The van der Waals surface area contributed by atoms with Gasteiger partial charge in [0.2, 0.25) is 11.9 Å². The Morgan fingerprint density at radius 3 is 2.48 bits per heavy atom. The first kappa shape index (κ1) is 21.2. The number of rotatable bonds is 6. The Bertz CT molecular complexity index is 845. The summed E-state index contributed by atoms with van der Waals surface area (Å²) in [6.07, 6.45) is 3.50. The van der Waals surface area contributed by atoms with Gasteiger partial charge in [0, 0.05) is 19.6 Å². The molecule has 1 atom stereocenters. The highest BCUT2D eigenvalue weighted by Crippen LogP contribution is 2.30. The van der Waals surface area contributed by atoms with Crippen molar-refractivity contribution in [3.63, 3.8) is 0 Å². The molecule has 0 bridgehead atoms. The number of aryl methyl sites for hydroxylation is 1. The van der Waals surface area contributed by atoms with E-state index in [0.717, 1.165) is 37.6 Å². The van der Waals surface area contributed by atoms with E-state index in [-0.39, 0.29) is 5.91 Å². The van der Waals surface area contributed by atoms with E-state index in [4.69, 9.17) is 0 Å². The number of thioether (sulfide) groups is 1. The molecule has 2 aromatic rings. The van der Waals surface area contributed by atoms with E-state index in [2.05, 4.69) is 37.9 Å². The van der Waals surface area contributed by atoms with Gasteiger partial charge in [0.05, 0.1) is 10.9 Å². The van der Waals surface area contributed by atoms with Crippen molar-refractivity contribution in [3.05, 3.63) is 29.8 Å². The molecule has 1 saturated heterocycles. The van der Waals surface area contributed by atoms with Crippen molar-refractivity contribution in [1.82, 2.24) is 25.4 Å². The average Bonchev–Trinajstić information content (AvgIpc) is 3.13. The number of carbonyl (C=O) groups is 2. The molecule has 9 heteroatoms. The summed E-state index contributed by atoms with van der Waals surface area (Å²) in [5.41, 5.74) is 2.13. The van der Waals surface area contributed by atoms with Gasteiger partial charge in [0.25, 0.3) is 0 Å². The molecule has 0 spiro atoms. The fourth-order valence-corrected chi connectivity index (χ4v) is 4.05. The average molecular weight is 417 g/mol. The smallest absolute Gasteiger partial charge is 0.321 e. The Labute approximate surface area is 175 Å². The first-order chi connectivity index (χ1) is 14.0. The molecule has 1 aromatic heterocycles. The normalized spacial score (nSPS) is 15.1. The summed E-state index contributed by atoms with van der Waals surface area (Å²) in [6.45, 7) is 7.96. The molecule has 0 saturated carbocycles. The highest BCUT2D eigenvalue weighted by molar-refractivity contribution is 8.00. The van der Waals surface area contributed by atoms with Gasteiger partial charge in [-0.2, -0.15) is 0 Å². The fraction of sp³-hybridized carbons (Fsp3) is 0.500. The lowest BCUT2D eigenvalue weighted by atomic mass is 10.1. The second kappa shape index (κ2) is 9.78. The van der Waals surface area contributed by atoms with Gasteiger partial charge in [-0.05, 0) is 52.2 Å². The van der Waals surface area contributed by atoms with Crippen LogP contribution < -0.4 is 15.5 Å². The largest absolute Gasteiger partial charge is 0.341 e. The maximum atomic E-state index is 12.4. The van der Waals surface area contributed by atoms with E-state index in [1.165, 1.54) is 23.7 Å². The van der Waals surface area contributed by atoms with Gasteiger partial charge in [-0.1, -0.05) is 29.5 Å². The molecule has 2 N–H and O–H groups in total. The molecule has 156 valence electrons. The third-order valence-electron chi connectivity index (χ3n) is 4.77. The molecule has 0 radical (unpaired) electrons. The number of nitrogens with zero attached hydrogens (tertiary/aromatic N) is 4. The molecule has 1 aromatic carbocycles. The fourth-order valence-electron chi connectivity index (χ4n) is 3.19. The van der Waals surface area contributed by atoms with Crippen LogP contribution in [0.3, 0.4) is 0 Å². The lowest BCUT2D eigenvalue weighted by Gasteiger charge is -2.28. The Balaban J connectivity index is 1.86. The summed E-state index contributed by atoms with van der Waals surface area (Å²) in [5.74, 6) is 0.436. The Morgan fingerprint density at radius 1 is 1.14 bits per heavy atom. The number of piperidine rings is 1. The van der Waals surface area contributed by atoms with Crippen molar-refractivity contribution < 1.29 is 9.59 Å². The zero-order valence-electron chi connectivity index (χ0n) is 17.1. The number of anilines is 1. The first-order valence-corrected chi connectivity index (χ1v) is 10.9. The molecular formula is C20H28N6O2S. The van der Waals surface area contributed by atoms with Crippen LogP contribution in [0.5, 0.6) is 0 Å². The molecule has 3 amide bonds. The Morgan fingerprint density at radius 2 is 1.83 bits per heavy atom. The lowest BCUT2D eigenvalue weighted by Crippen LogP contribution is -2.42. The van der Waals surface area contributed by atoms with Gasteiger partial charge in [0.1, 0.15) is 0 Å². The second-order valence-corrected chi connectivity index (χ2v) is 8.42. The van der Waals surface area contributed by atoms with Gasteiger partial charge >= 0.3 is 6.03 Å². The maximum absolute atomic E-state index is 12.4. The van der Waals surface area contributed by atoms with Crippen LogP contribution in [0.2, 0.25) is 0 Å². The van der Waals surface area contributed by atoms with Crippen molar-refractivity contribution in [2.45, 2.75) is 50.4 Å². The molecule has 3 rings (SSSR count). The van der Waals surface area contributed by atoms with Crippen molar-refractivity contribution >= 4 is 29.6 Å². The monoisotopic (exact) mass is 416 g/mol. The summed E-state index contributed by atoms with van der Waals surface area (Å²) in [5, 5.41) is 13.9. The standard InChI is InChI=1S/C20H28N6O2S/c1-4-21-18(28)22-17(27)15(3)29-20-24-23-19(25-12-6-5-7-13-25)26(20)16-10-8-14(2)9-11-16/h8-11,15H,4-7,12-13H2,1-3H3,(H2,21,22,27,28). The van der Waals surface area contributed by atoms with Gasteiger partial charge in [-0.15, -0.1) is 10.2 Å². The van der Waals surface area contributed by atoms with Crippen LogP contribution in [-0.4, -0.2) is 51.6 Å². The van der Waals surface area contributed by atoms with E-state index >= 15 is 0 Å². The summed E-state index contributed by atoms with van der Waals surface area (Å²) < 4.78 is 2.01. The van der Waals surface area contributed by atoms with Crippen molar-refractivity contribution in [2.24, 2.45) is 0 Å². The van der Waals surface area contributed by atoms with Gasteiger partial charge in [-0.3, -0.25) is 14.7 Å². The first-order valence-electron chi connectivity index (χ1n) is 10.0. The number of benzene rings is 1. The van der Waals surface area contributed by atoms with Gasteiger partial charge in [0.15, 0.2) is 5.16 Å². The minimum Gasteiger partial charge on any atom is -0.341 e. The molecule has 8 nitrogen and oxygen atoms in total. The van der Waals surface area contributed by atoms with Crippen molar-refractivity contribution in [1.29, 1.82) is 0 Å². The SMILES string of the molecule is CCNC(=O)NC(=O)C(C)Sc1nnc(N2CCCCC2)n1-c1ccc(C)cc1. The van der Waals surface area contributed by atoms with E-state index < -0.39 is 11.3 Å². The number of aromatic nitrogens is 3. The highest BCUT2D eigenvalue weighted by atomic mass is 32.2. The van der Waals surface area contributed by atoms with E-state index in [0.29, 0.717) is 11.7 Å². The second-order valence-electron chi connectivity index (χ2n) is 7.11. The van der Waals surface area contributed by atoms with E-state index in [1.54, 1.807) is 13.8 Å². The topological polar surface area (TPSA) is 92.2 Å². The molecule has 29 heavy (non-hydrogen) atoms. The van der Waals surface area contributed by atoms with Crippen LogP contribution >= 0.6 is 11.8 Å². The number of carbonyl (C=O) groups excluding carboxylic acids is 2. The molecule has 1 fully saturated rings. The third kappa shape index (κ3) is 5.29. The van der Waals surface area contributed by atoms with Crippen LogP contribution in [0.25, 0.3) is 5.69 Å². The summed E-state index contributed by atoms with van der Waals surface area (Å²) in [7, 11) is 0. The molecule has 1 aliphatic rings.